The lowest BCUT2D eigenvalue weighted by atomic mass is 10.0. The first-order valence-corrected chi connectivity index (χ1v) is 6.20. The van der Waals surface area contributed by atoms with Crippen molar-refractivity contribution < 1.29 is 15.0 Å². The maximum atomic E-state index is 11.2. The summed E-state index contributed by atoms with van der Waals surface area (Å²) < 4.78 is 0. The third-order valence-electron chi connectivity index (χ3n) is 2.68. The topological polar surface area (TPSA) is 69.6 Å². The van der Waals surface area contributed by atoms with Crippen LogP contribution in [0.1, 0.15) is 31.9 Å². The highest BCUT2D eigenvalue weighted by molar-refractivity contribution is 5.75. The largest absolute Gasteiger partial charge is 0.480 e. The van der Waals surface area contributed by atoms with Gasteiger partial charge in [0.15, 0.2) is 0 Å². The quantitative estimate of drug-likeness (QED) is 0.691. The van der Waals surface area contributed by atoms with Crippen molar-refractivity contribution in [3.63, 3.8) is 0 Å². The Hall–Kier alpha value is -1.39. The zero-order chi connectivity index (χ0) is 13.5. The summed E-state index contributed by atoms with van der Waals surface area (Å²) in [7, 11) is 0. The molecule has 0 fully saturated rings. The molecule has 4 nitrogen and oxygen atoms in total. The van der Waals surface area contributed by atoms with Crippen molar-refractivity contribution in [1.82, 2.24) is 5.32 Å². The number of nitrogens with one attached hydrogen (secondary N) is 1. The van der Waals surface area contributed by atoms with Crippen LogP contribution in [0, 0.1) is 5.92 Å². The van der Waals surface area contributed by atoms with E-state index >= 15 is 0 Å². The molecule has 1 aromatic rings. The summed E-state index contributed by atoms with van der Waals surface area (Å²) in [6.45, 7) is 4.33. The van der Waals surface area contributed by atoms with E-state index in [0.29, 0.717) is 17.9 Å². The molecule has 100 valence electrons. The van der Waals surface area contributed by atoms with E-state index in [4.69, 9.17) is 0 Å². The fourth-order valence-electron chi connectivity index (χ4n) is 1.87. The Morgan fingerprint density at radius 1 is 1.28 bits per heavy atom. The van der Waals surface area contributed by atoms with E-state index in [1.807, 2.05) is 19.9 Å². The number of carbonyl (C=O) groups is 1. The molecule has 0 aliphatic heterocycles. The number of carboxylic acids is 1. The summed E-state index contributed by atoms with van der Waals surface area (Å²) in [6.07, 6.45) is 0.143. The predicted octanol–water partition coefficient (Wildman–Crippen LogP) is 1.81. The SMILES string of the molecule is CC(C)CC(O)CNC(C(=O)O)c1ccccc1. The van der Waals surface area contributed by atoms with Crippen molar-refractivity contribution in [3.8, 4) is 0 Å². The average molecular weight is 251 g/mol. The van der Waals surface area contributed by atoms with Crippen molar-refractivity contribution in [2.45, 2.75) is 32.4 Å². The van der Waals surface area contributed by atoms with Gasteiger partial charge in [-0.15, -0.1) is 0 Å². The molecule has 1 aromatic carbocycles. The number of hydrogen-bond donors (Lipinski definition) is 3. The van der Waals surface area contributed by atoms with Crippen molar-refractivity contribution in [2.75, 3.05) is 6.54 Å². The minimum Gasteiger partial charge on any atom is -0.480 e. The molecule has 0 saturated heterocycles. The highest BCUT2D eigenvalue weighted by Crippen LogP contribution is 2.13. The maximum absolute atomic E-state index is 11.2. The smallest absolute Gasteiger partial charge is 0.325 e. The first-order chi connectivity index (χ1) is 8.50. The molecule has 0 bridgehead atoms. The molecule has 4 heteroatoms. The van der Waals surface area contributed by atoms with E-state index in [1.54, 1.807) is 24.3 Å². The summed E-state index contributed by atoms with van der Waals surface area (Å²) in [5.74, 6) is -0.542. The molecule has 2 atom stereocenters. The lowest BCUT2D eigenvalue weighted by Gasteiger charge is -2.18. The molecule has 0 spiro atoms. The molecule has 0 amide bonds. The molecule has 0 heterocycles. The van der Waals surface area contributed by atoms with Crippen molar-refractivity contribution in [2.24, 2.45) is 5.92 Å². The average Bonchev–Trinajstić information content (AvgIpc) is 2.29. The number of rotatable bonds is 7. The van der Waals surface area contributed by atoms with Crippen LogP contribution < -0.4 is 5.32 Å². The zero-order valence-corrected chi connectivity index (χ0v) is 10.8. The van der Waals surface area contributed by atoms with E-state index in [1.165, 1.54) is 0 Å². The highest BCUT2D eigenvalue weighted by atomic mass is 16.4. The lowest BCUT2D eigenvalue weighted by molar-refractivity contribution is -0.139. The minimum atomic E-state index is -0.932. The number of carboxylic acid groups (broad SMARTS) is 1. The molecular formula is C14H21NO3. The number of aliphatic carboxylic acids is 1. The maximum Gasteiger partial charge on any atom is 0.325 e. The fraction of sp³-hybridized carbons (Fsp3) is 0.500. The Bertz CT molecular complexity index is 365. The minimum absolute atomic E-state index is 0.282. The van der Waals surface area contributed by atoms with Crippen LogP contribution in [0.15, 0.2) is 30.3 Å². The molecule has 3 N–H and O–H groups in total. The molecule has 0 aliphatic carbocycles. The van der Waals surface area contributed by atoms with Gasteiger partial charge in [0.2, 0.25) is 0 Å². The molecule has 1 rings (SSSR count). The van der Waals surface area contributed by atoms with Crippen molar-refractivity contribution in [1.29, 1.82) is 0 Å². The Labute approximate surface area is 108 Å². The Morgan fingerprint density at radius 2 is 1.89 bits per heavy atom. The van der Waals surface area contributed by atoms with Crippen molar-refractivity contribution >= 4 is 5.97 Å². The standard InChI is InChI=1S/C14H21NO3/c1-10(2)8-12(16)9-15-13(14(17)18)11-6-4-3-5-7-11/h3-7,10,12-13,15-16H,8-9H2,1-2H3,(H,17,18). The van der Waals surface area contributed by atoms with Gasteiger partial charge >= 0.3 is 5.97 Å². The van der Waals surface area contributed by atoms with Crippen LogP contribution in [0.3, 0.4) is 0 Å². The van der Waals surface area contributed by atoms with E-state index in [2.05, 4.69) is 5.32 Å². The third kappa shape index (κ3) is 4.85. The van der Waals surface area contributed by atoms with E-state index in [-0.39, 0.29) is 6.54 Å². The van der Waals surface area contributed by atoms with Gasteiger partial charge in [0, 0.05) is 6.54 Å². The Morgan fingerprint density at radius 3 is 2.39 bits per heavy atom. The van der Waals surface area contributed by atoms with E-state index < -0.39 is 18.1 Å². The van der Waals surface area contributed by atoms with Gasteiger partial charge in [0.1, 0.15) is 6.04 Å². The fourth-order valence-corrected chi connectivity index (χ4v) is 1.87. The van der Waals surface area contributed by atoms with Gasteiger partial charge < -0.3 is 10.2 Å². The third-order valence-corrected chi connectivity index (χ3v) is 2.68. The van der Waals surface area contributed by atoms with Gasteiger partial charge in [-0.2, -0.15) is 0 Å². The van der Waals surface area contributed by atoms with E-state index in [9.17, 15) is 15.0 Å². The highest BCUT2D eigenvalue weighted by Gasteiger charge is 2.20. The van der Waals surface area contributed by atoms with Crippen LogP contribution in [0.4, 0.5) is 0 Å². The van der Waals surface area contributed by atoms with Crippen LogP contribution in [0.2, 0.25) is 0 Å². The summed E-state index contributed by atoms with van der Waals surface area (Å²) in [6, 6.07) is 8.21. The van der Waals surface area contributed by atoms with Gasteiger partial charge in [0.25, 0.3) is 0 Å². The van der Waals surface area contributed by atoms with Gasteiger partial charge in [0.05, 0.1) is 6.10 Å². The number of aliphatic hydroxyl groups excluding tert-OH is 1. The Balaban J connectivity index is 2.57. The Kier molecular flexibility index (Phi) is 5.82. The summed E-state index contributed by atoms with van der Waals surface area (Å²) >= 11 is 0. The normalized spacial score (nSPS) is 14.4. The molecule has 0 radical (unpaired) electrons. The van der Waals surface area contributed by atoms with Crippen molar-refractivity contribution in [3.05, 3.63) is 35.9 Å². The molecule has 18 heavy (non-hydrogen) atoms. The van der Waals surface area contributed by atoms with Gasteiger partial charge in [-0.05, 0) is 17.9 Å². The summed E-state index contributed by atoms with van der Waals surface area (Å²) in [5, 5.41) is 21.8. The van der Waals surface area contributed by atoms with Crippen LogP contribution in [-0.2, 0) is 4.79 Å². The monoisotopic (exact) mass is 251 g/mol. The number of aliphatic hydroxyl groups is 1. The summed E-state index contributed by atoms with van der Waals surface area (Å²) in [4.78, 5) is 11.2. The first kappa shape index (κ1) is 14.7. The molecule has 0 aromatic heterocycles. The first-order valence-electron chi connectivity index (χ1n) is 6.20. The van der Waals surface area contributed by atoms with Crippen LogP contribution in [0.25, 0.3) is 0 Å². The van der Waals surface area contributed by atoms with E-state index in [0.717, 1.165) is 0 Å². The predicted molar refractivity (Wildman–Crippen MR) is 70.3 cm³/mol. The zero-order valence-electron chi connectivity index (χ0n) is 10.8. The van der Waals surface area contributed by atoms with Crippen LogP contribution >= 0.6 is 0 Å². The second-order valence-corrected chi connectivity index (χ2v) is 4.87. The lowest BCUT2D eigenvalue weighted by Crippen LogP contribution is -2.35. The van der Waals surface area contributed by atoms with Gasteiger partial charge in [-0.25, -0.2) is 0 Å². The molecular weight excluding hydrogens is 230 g/mol. The molecule has 2 unspecified atom stereocenters. The van der Waals surface area contributed by atoms with Crippen LogP contribution in [0.5, 0.6) is 0 Å². The molecule has 0 saturated carbocycles. The molecule has 0 aliphatic rings. The number of hydrogen-bond acceptors (Lipinski definition) is 3. The van der Waals surface area contributed by atoms with Crippen LogP contribution in [-0.4, -0.2) is 28.8 Å². The second kappa shape index (κ2) is 7.13. The van der Waals surface area contributed by atoms with Gasteiger partial charge in [-0.1, -0.05) is 44.2 Å². The summed E-state index contributed by atoms with van der Waals surface area (Å²) in [5.41, 5.74) is 0.696. The number of benzene rings is 1. The van der Waals surface area contributed by atoms with Gasteiger partial charge in [-0.3, -0.25) is 10.1 Å². The second-order valence-electron chi connectivity index (χ2n) is 4.87.